The van der Waals surface area contributed by atoms with Crippen LogP contribution >= 0.6 is 11.6 Å². The van der Waals surface area contributed by atoms with E-state index in [0.717, 1.165) is 18.4 Å². The minimum atomic E-state index is -0.291. The molecule has 16 heavy (non-hydrogen) atoms. The molecule has 0 saturated heterocycles. The van der Waals surface area contributed by atoms with Crippen molar-refractivity contribution in [1.29, 1.82) is 0 Å². The summed E-state index contributed by atoms with van der Waals surface area (Å²) >= 11 is 5.87. The second-order valence-electron chi connectivity index (χ2n) is 4.65. The third-order valence-electron chi connectivity index (χ3n) is 2.63. The van der Waals surface area contributed by atoms with Crippen molar-refractivity contribution in [1.82, 2.24) is 0 Å². The fourth-order valence-corrected chi connectivity index (χ4v) is 1.88. The van der Waals surface area contributed by atoms with E-state index in [9.17, 15) is 4.39 Å². The van der Waals surface area contributed by atoms with Crippen LogP contribution in [0.2, 0.25) is 5.02 Å². The van der Waals surface area contributed by atoms with E-state index < -0.39 is 0 Å². The first kappa shape index (κ1) is 13.5. The molecule has 0 bridgehead atoms. The van der Waals surface area contributed by atoms with Crippen LogP contribution in [-0.4, -0.2) is 6.04 Å². The van der Waals surface area contributed by atoms with Crippen LogP contribution < -0.4 is 5.73 Å². The maximum absolute atomic E-state index is 13.7. The number of hydrogen-bond acceptors (Lipinski definition) is 1. The lowest BCUT2D eigenvalue weighted by Gasteiger charge is -2.12. The number of halogens is 2. The van der Waals surface area contributed by atoms with Crippen LogP contribution in [0, 0.1) is 5.82 Å². The molecule has 2 N–H and O–H groups in total. The fourth-order valence-electron chi connectivity index (χ4n) is 1.63. The Morgan fingerprint density at radius 2 is 1.94 bits per heavy atom. The normalized spacial score (nSPS) is 13.2. The van der Waals surface area contributed by atoms with Gasteiger partial charge in [-0.25, -0.2) is 4.39 Å². The van der Waals surface area contributed by atoms with E-state index in [1.165, 1.54) is 0 Å². The Kier molecular flexibility index (Phi) is 4.75. The van der Waals surface area contributed by atoms with E-state index in [2.05, 4.69) is 0 Å². The van der Waals surface area contributed by atoms with Gasteiger partial charge in [-0.15, -0.1) is 0 Å². The quantitative estimate of drug-likeness (QED) is 0.853. The number of benzene rings is 1. The van der Waals surface area contributed by atoms with Crippen LogP contribution in [0.25, 0.3) is 0 Å². The zero-order valence-electron chi connectivity index (χ0n) is 10.1. The number of nitrogens with two attached hydrogens (primary N) is 1. The highest BCUT2D eigenvalue weighted by Gasteiger charge is 2.12. The van der Waals surface area contributed by atoms with Gasteiger partial charge in [0.25, 0.3) is 0 Å². The van der Waals surface area contributed by atoms with Crippen molar-refractivity contribution in [2.75, 3.05) is 0 Å². The molecular weight excluding hydrogens is 225 g/mol. The topological polar surface area (TPSA) is 26.0 Å². The Bertz CT molecular complexity index is 361. The van der Waals surface area contributed by atoms with Crippen molar-refractivity contribution in [3.63, 3.8) is 0 Å². The zero-order valence-corrected chi connectivity index (χ0v) is 10.8. The smallest absolute Gasteiger partial charge is 0.145 e. The Balaban J connectivity index is 2.95. The molecule has 0 saturated carbocycles. The van der Waals surface area contributed by atoms with E-state index in [1.807, 2.05) is 26.8 Å². The Labute approximate surface area is 102 Å². The first-order valence-corrected chi connectivity index (χ1v) is 6.03. The van der Waals surface area contributed by atoms with Crippen LogP contribution in [0.5, 0.6) is 0 Å². The van der Waals surface area contributed by atoms with Gasteiger partial charge < -0.3 is 5.73 Å². The molecule has 90 valence electrons. The Morgan fingerprint density at radius 1 is 1.31 bits per heavy atom. The SMILES string of the molecule is CC(C)c1cc(CC[C@@H](C)N)cc(Cl)c1F. The largest absolute Gasteiger partial charge is 0.328 e. The molecule has 0 aliphatic carbocycles. The van der Waals surface area contributed by atoms with Gasteiger partial charge in [-0.2, -0.15) is 0 Å². The standard InChI is InChI=1S/C13H19ClFN/c1-8(2)11-6-10(5-4-9(3)16)7-12(14)13(11)15/h6-9H,4-5,16H2,1-3H3/t9-/m1/s1. The molecule has 0 amide bonds. The van der Waals surface area contributed by atoms with Gasteiger partial charge in [0.1, 0.15) is 5.82 Å². The molecule has 0 aliphatic heterocycles. The maximum Gasteiger partial charge on any atom is 0.145 e. The summed E-state index contributed by atoms with van der Waals surface area (Å²) in [5.74, 6) is -0.144. The molecule has 0 unspecified atom stereocenters. The van der Waals surface area contributed by atoms with E-state index in [4.69, 9.17) is 17.3 Å². The average molecular weight is 244 g/mol. The lowest BCUT2D eigenvalue weighted by Crippen LogP contribution is -2.15. The summed E-state index contributed by atoms with van der Waals surface area (Å²) < 4.78 is 13.7. The summed E-state index contributed by atoms with van der Waals surface area (Å²) in [6.45, 7) is 5.89. The minimum absolute atomic E-state index is 0.146. The Morgan fingerprint density at radius 3 is 2.44 bits per heavy atom. The van der Waals surface area contributed by atoms with Gasteiger partial charge in [-0.05, 0) is 42.9 Å². The number of aryl methyl sites for hydroxylation is 1. The molecule has 3 heteroatoms. The average Bonchev–Trinajstić information content (AvgIpc) is 2.19. The molecule has 1 aromatic rings. The van der Waals surface area contributed by atoms with Gasteiger partial charge in [0.05, 0.1) is 5.02 Å². The van der Waals surface area contributed by atoms with Crippen LogP contribution in [0.4, 0.5) is 4.39 Å². The highest BCUT2D eigenvalue weighted by Crippen LogP contribution is 2.27. The van der Waals surface area contributed by atoms with Gasteiger partial charge in [0.2, 0.25) is 0 Å². The summed E-state index contributed by atoms with van der Waals surface area (Å²) in [5.41, 5.74) is 7.45. The lowest BCUT2D eigenvalue weighted by atomic mass is 9.97. The molecular formula is C13H19ClFN. The van der Waals surface area contributed by atoms with Crippen LogP contribution in [0.1, 0.15) is 44.2 Å². The van der Waals surface area contributed by atoms with Crippen LogP contribution in [0.15, 0.2) is 12.1 Å². The van der Waals surface area contributed by atoms with Gasteiger partial charge in [-0.3, -0.25) is 0 Å². The molecule has 0 spiro atoms. The molecule has 0 aromatic heterocycles. The highest BCUT2D eigenvalue weighted by molar-refractivity contribution is 6.30. The van der Waals surface area contributed by atoms with E-state index in [-0.39, 0.29) is 22.8 Å². The molecule has 0 fully saturated rings. The zero-order chi connectivity index (χ0) is 12.3. The highest BCUT2D eigenvalue weighted by atomic mass is 35.5. The van der Waals surface area contributed by atoms with Crippen molar-refractivity contribution in [3.8, 4) is 0 Å². The molecule has 1 aromatic carbocycles. The van der Waals surface area contributed by atoms with E-state index in [1.54, 1.807) is 6.07 Å². The van der Waals surface area contributed by atoms with Gasteiger partial charge in [0.15, 0.2) is 0 Å². The van der Waals surface area contributed by atoms with Crippen molar-refractivity contribution < 1.29 is 4.39 Å². The lowest BCUT2D eigenvalue weighted by molar-refractivity contribution is 0.596. The molecule has 1 rings (SSSR count). The van der Waals surface area contributed by atoms with Gasteiger partial charge in [-0.1, -0.05) is 31.5 Å². The number of hydrogen-bond donors (Lipinski definition) is 1. The van der Waals surface area contributed by atoms with Crippen molar-refractivity contribution >= 4 is 11.6 Å². The third-order valence-corrected chi connectivity index (χ3v) is 2.90. The summed E-state index contributed by atoms with van der Waals surface area (Å²) in [6.07, 6.45) is 1.73. The molecule has 1 nitrogen and oxygen atoms in total. The second-order valence-corrected chi connectivity index (χ2v) is 5.06. The third kappa shape index (κ3) is 3.46. The van der Waals surface area contributed by atoms with E-state index in [0.29, 0.717) is 5.56 Å². The fraction of sp³-hybridized carbons (Fsp3) is 0.538. The molecule has 1 atom stereocenters. The van der Waals surface area contributed by atoms with Gasteiger partial charge in [0, 0.05) is 6.04 Å². The first-order valence-electron chi connectivity index (χ1n) is 5.65. The maximum atomic E-state index is 13.7. The Hall–Kier alpha value is -0.600. The minimum Gasteiger partial charge on any atom is -0.328 e. The summed E-state index contributed by atoms with van der Waals surface area (Å²) in [4.78, 5) is 0. The molecule has 0 radical (unpaired) electrons. The summed E-state index contributed by atoms with van der Waals surface area (Å²) in [5, 5.41) is 0.214. The van der Waals surface area contributed by atoms with Crippen molar-refractivity contribution in [2.45, 2.75) is 45.6 Å². The van der Waals surface area contributed by atoms with Crippen molar-refractivity contribution in [3.05, 3.63) is 34.1 Å². The molecule has 0 heterocycles. The van der Waals surface area contributed by atoms with Gasteiger partial charge >= 0.3 is 0 Å². The van der Waals surface area contributed by atoms with Crippen molar-refractivity contribution in [2.24, 2.45) is 5.73 Å². The summed E-state index contributed by atoms with van der Waals surface area (Å²) in [6, 6.07) is 3.76. The summed E-state index contributed by atoms with van der Waals surface area (Å²) in [7, 11) is 0. The van der Waals surface area contributed by atoms with Crippen LogP contribution in [-0.2, 0) is 6.42 Å². The molecule has 0 aliphatic rings. The van der Waals surface area contributed by atoms with E-state index >= 15 is 0 Å². The van der Waals surface area contributed by atoms with Crippen LogP contribution in [0.3, 0.4) is 0 Å². The second kappa shape index (κ2) is 5.65. The monoisotopic (exact) mass is 243 g/mol. The predicted octanol–water partition coefficient (Wildman–Crippen LogP) is 3.88. The first-order chi connectivity index (χ1) is 7.41. The predicted molar refractivity (Wildman–Crippen MR) is 67.5 cm³/mol. The number of rotatable bonds is 4.